The molecular weight excluding hydrogens is 421 g/mol. The Morgan fingerprint density at radius 2 is 1.96 bits per heavy atom. The Morgan fingerprint density at radius 1 is 1.28 bits per heavy atom. The molecule has 0 radical (unpaired) electrons. The van der Waals surface area contributed by atoms with E-state index in [-0.39, 0.29) is 24.7 Å². The summed E-state index contributed by atoms with van der Waals surface area (Å²) in [7, 11) is 0. The first-order chi connectivity index (χ1) is 11.7. The maximum atomic E-state index is 13.0. The summed E-state index contributed by atoms with van der Waals surface area (Å²) in [6.45, 7) is 1.60. The Morgan fingerprint density at radius 3 is 2.52 bits per heavy atom. The molecule has 134 valence electrons. The van der Waals surface area contributed by atoms with Gasteiger partial charge in [0.25, 0.3) is 5.91 Å². The second kappa shape index (κ2) is 8.01. The summed E-state index contributed by atoms with van der Waals surface area (Å²) < 4.78 is 39.7. The van der Waals surface area contributed by atoms with Crippen LogP contribution in [0.2, 0.25) is 0 Å². The van der Waals surface area contributed by atoms with Crippen molar-refractivity contribution < 1.29 is 22.8 Å². The number of benzene rings is 1. The molecule has 0 fully saturated rings. The van der Waals surface area contributed by atoms with Crippen LogP contribution in [0.25, 0.3) is 0 Å². The fourth-order valence-corrected chi connectivity index (χ4v) is 3.26. The highest BCUT2D eigenvalue weighted by molar-refractivity contribution is 9.11. The van der Waals surface area contributed by atoms with E-state index in [0.717, 1.165) is 9.85 Å². The van der Waals surface area contributed by atoms with Crippen molar-refractivity contribution in [2.75, 3.05) is 18.4 Å². The molecule has 1 N–H and O–H groups in total. The van der Waals surface area contributed by atoms with Gasteiger partial charge < -0.3 is 10.2 Å². The van der Waals surface area contributed by atoms with Gasteiger partial charge in [0.2, 0.25) is 5.91 Å². The predicted molar refractivity (Wildman–Crippen MR) is 93.7 cm³/mol. The summed E-state index contributed by atoms with van der Waals surface area (Å²) >= 11 is 4.59. The van der Waals surface area contributed by atoms with Crippen molar-refractivity contribution in [2.45, 2.75) is 13.1 Å². The zero-order valence-corrected chi connectivity index (χ0v) is 15.5. The van der Waals surface area contributed by atoms with Crippen molar-refractivity contribution in [1.82, 2.24) is 4.90 Å². The van der Waals surface area contributed by atoms with Gasteiger partial charge in [-0.25, -0.2) is 0 Å². The van der Waals surface area contributed by atoms with Gasteiger partial charge in [0.05, 0.1) is 20.6 Å². The topological polar surface area (TPSA) is 49.4 Å². The first kappa shape index (κ1) is 19.5. The highest BCUT2D eigenvalue weighted by Crippen LogP contribution is 2.34. The third-order valence-electron chi connectivity index (χ3n) is 3.32. The van der Waals surface area contributed by atoms with Crippen LogP contribution in [0.4, 0.5) is 18.9 Å². The minimum atomic E-state index is -4.58. The number of carbonyl (C=O) groups is 2. The number of hydrogen-bond donors (Lipinski definition) is 1. The summed E-state index contributed by atoms with van der Waals surface area (Å²) in [5, 5.41) is 3.88. The van der Waals surface area contributed by atoms with E-state index in [4.69, 9.17) is 0 Å². The van der Waals surface area contributed by atoms with Gasteiger partial charge in [-0.2, -0.15) is 13.2 Å². The number of alkyl halides is 3. The first-order valence-corrected chi connectivity index (χ1v) is 8.89. The number of amides is 2. The predicted octanol–water partition coefficient (Wildman–Crippen LogP) is 4.63. The van der Waals surface area contributed by atoms with E-state index in [1.54, 1.807) is 18.4 Å². The number of halogens is 4. The molecule has 0 unspecified atom stereocenters. The molecule has 0 aliphatic carbocycles. The molecule has 1 heterocycles. The fourth-order valence-electron chi connectivity index (χ4n) is 2.13. The summed E-state index contributed by atoms with van der Waals surface area (Å²) in [6, 6.07) is 6.34. The van der Waals surface area contributed by atoms with Crippen molar-refractivity contribution in [2.24, 2.45) is 0 Å². The van der Waals surface area contributed by atoms with Crippen LogP contribution in [0.5, 0.6) is 0 Å². The van der Waals surface area contributed by atoms with E-state index in [1.807, 2.05) is 0 Å². The van der Waals surface area contributed by atoms with Crippen molar-refractivity contribution >= 4 is 44.8 Å². The van der Waals surface area contributed by atoms with Gasteiger partial charge in [0.1, 0.15) is 6.54 Å². The number of hydrogen-bond acceptors (Lipinski definition) is 3. The third-order valence-corrected chi connectivity index (χ3v) is 4.83. The Kier molecular flexibility index (Phi) is 6.23. The Labute approximate surface area is 154 Å². The molecule has 0 bridgehead atoms. The normalized spacial score (nSPS) is 11.2. The average molecular weight is 435 g/mol. The lowest BCUT2D eigenvalue weighted by molar-refractivity contribution is -0.137. The second-order valence-electron chi connectivity index (χ2n) is 5.05. The number of thiophene rings is 1. The maximum Gasteiger partial charge on any atom is 0.418 e. The SMILES string of the molecule is CCN(CC(=O)Nc1ccccc1C(F)(F)F)C(=O)c1csc(Br)c1. The van der Waals surface area contributed by atoms with Crippen LogP contribution in [0, 0.1) is 0 Å². The molecule has 4 nitrogen and oxygen atoms in total. The largest absolute Gasteiger partial charge is 0.418 e. The van der Waals surface area contributed by atoms with E-state index in [0.29, 0.717) is 5.56 Å². The number of nitrogens with one attached hydrogen (secondary N) is 1. The highest BCUT2D eigenvalue weighted by atomic mass is 79.9. The van der Waals surface area contributed by atoms with Crippen molar-refractivity contribution in [3.05, 3.63) is 50.6 Å². The molecule has 0 spiro atoms. The fraction of sp³-hybridized carbons (Fsp3) is 0.250. The lowest BCUT2D eigenvalue weighted by atomic mass is 10.1. The first-order valence-electron chi connectivity index (χ1n) is 7.21. The van der Waals surface area contributed by atoms with E-state index in [1.165, 1.54) is 34.4 Å². The molecule has 0 saturated heterocycles. The van der Waals surface area contributed by atoms with Gasteiger partial charge in [0, 0.05) is 11.9 Å². The molecule has 2 aromatic rings. The molecule has 0 saturated carbocycles. The molecule has 2 amide bonds. The number of para-hydroxylation sites is 1. The molecule has 25 heavy (non-hydrogen) atoms. The smallest absolute Gasteiger partial charge is 0.330 e. The van der Waals surface area contributed by atoms with Crippen LogP contribution in [0.3, 0.4) is 0 Å². The Hall–Kier alpha value is -1.87. The lowest BCUT2D eigenvalue weighted by Crippen LogP contribution is -2.37. The molecule has 0 atom stereocenters. The van der Waals surface area contributed by atoms with E-state index < -0.39 is 17.6 Å². The standard InChI is InChI=1S/C16H14BrF3N2O2S/c1-2-22(15(24)10-7-13(17)25-9-10)8-14(23)21-12-6-4-3-5-11(12)16(18,19)20/h3-7,9H,2,8H2,1H3,(H,21,23). The average Bonchev–Trinajstić information content (AvgIpc) is 2.98. The van der Waals surface area contributed by atoms with Crippen molar-refractivity contribution in [1.29, 1.82) is 0 Å². The van der Waals surface area contributed by atoms with Gasteiger partial charge in [-0.05, 0) is 41.1 Å². The summed E-state index contributed by atoms with van der Waals surface area (Å²) in [6.07, 6.45) is -4.58. The van der Waals surface area contributed by atoms with Crippen LogP contribution in [-0.2, 0) is 11.0 Å². The summed E-state index contributed by atoms with van der Waals surface area (Å²) in [4.78, 5) is 25.7. The van der Waals surface area contributed by atoms with Gasteiger partial charge in [0.15, 0.2) is 0 Å². The quantitative estimate of drug-likeness (QED) is 0.745. The highest BCUT2D eigenvalue weighted by Gasteiger charge is 2.33. The number of rotatable bonds is 5. The number of nitrogens with zero attached hydrogens (tertiary/aromatic N) is 1. The van der Waals surface area contributed by atoms with Crippen LogP contribution < -0.4 is 5.32 Å². The molecular formula is C16H14BrF3N2O2S. The van der Waals surface area contributed by atoms with Crippen LogP contribution >= 0.6 is 27.3 Å². The van der Waals surface area contributed by atoms with Crippen LogP contribution in [-0.4, -0.2) is 29.8 Å². The van der Waals surface area contributed by atoms with E-state index in [9.17, 15) is 22.8 Å². The zero-order valence-electron chi connectivity index (χ0n) is 13.1. The molecule has 0 aliphatic rings. The maximum absolute atomic E-state index is 13.0. The molecule has 1 aromatic heterocycles. The van der Waals surface area contributed by atoms with E-state index in [2.05, 4.69) is 21.2 Å². The van der Waals surface area contributed by atoms with Gasteiger partial charge >= 0.3 is 6.18 Å². The van der Waals surface area contributed by atoms with Crippen LogP contribution in [0.1, 0.15) is 22.8 Å². The lowest BCUT2D eigenvalue weighted by Gasteiger charge is -2.20. The molecule has 9 heteroatoms. The van der Waals surface area contributed by atoms with Crippen molar-refractivity contribution in [3.63, 3.8) is 0 Å². The molecule has 0 aliphatic heterocycles. The molecule has 2 rings (SSSR count). The number of anilines is 1. The number of likely N-dealkylation sites (N-methyl/N-ethyl adjacent to an activating group) is 1. The summed E-state index contributed by atoms with van der Waals surface area (Å²) in [5.74, 6) is -1.05. The monoisotopic (exact) mass is 434 g/mol. The third kappa shape index (κ3) is 5.05. The van der Waals surface area contributed by atoms with E-state index >= 15 is 0 Å². The second-order valence-corrected chi connectivity index (χ2v) is 7.34. The van der Waals surface area contributed by atoms with Gasteiger partial charge in [-0.1, -0.05) is 12.1 Å². The zero-order chi connectivity index (χ0) is 18.6. The minimum Gasteiger partial charge on any atom is -0.330 e. The minimum absolute atomic E-state index is 0.251. The number of carbonyl (C=O) groups excluding carboxylic acids is 2. The Bertz CT molecular complexity index is 777. The molecule has 1 aromatic carbocycles. The van der Waals surface area contributed by atoms with Gasteiger partial charge in [-0.15, -0.1) is 11.3 Å². The van der Waals surface area contributed by atoms with Crippen LogP contribution in [0.15, 0.2) is 39.5 Å². The van der Waals surface area contributed by atoms with Crippen molar-refractivity contribution in [3.8, 4) is 0 Å². The van der Waals surface area contributed by atoms with Gasteiger partial charge in [-0.3, -0.25) is 9.59 Å². The Balaban J connectivity index is 2.10. The summed E-state index contributed by atoms with van der Waals surface area (Å²) in [5.41, 5.74) is -0.844.